The minimum atomic E-state index is -0.880. The summed E-state index contributed by atoms with van der Waals surface area (Å²) in [7, 11) is 0. The molecule has 1 heterocycles. The van der Waals surface area contributed by atoms with Crippen molar-refractivity contribution in [2.75, 3.05) is 18.5 Å². The third-order valence-corrected chi connectivity index (χ3v) is 5.18. The van der Waals surface area contributed by atoms with E-state index in [1.165, 1.54) is 19.3 Å². The molecule has 1 saturated carbocycles. The average molecular weight is 345 g/mol. The van der Waals surface area contributed by atoms with Gasteiger partial charge in [0.1, 0.15) is 5.54 Å². The molecule has 1 aromatic carbocycles. The molecule has 0 radical (unpaired) electrons. The Hall–Kier alpha value is -1.92. The Balaban J connectivity index is 1.56. The second-order valence-corrected chi connectivity index (χ2v) is 7.11. The van der Waals surface area contributed by atoms with E-state index in [2.05, 4.69) is 10.6 Å². The zero-order chi connectivity index (χ0) is 17.7. The van der Waals surface area contributed by atoms with E-state index in [4.69, 9.17) is 10.5 Å². The molecule has 6 heteroatoms. The summed E-state index contributed by atoms with van der Waals surface area (Å²) < 4.78 is 5.27. The zero-order valence-corrected chi connectivity index (χ0v) is 14.6. The molecule has 2 amide bonds. The summed E-state index contributed by atoms with van der Waals surface area (Å²) in [5.41, 5.74) is 6.55. The lowest BCUT2D eigenvalue weighted by Gasteiger charge is -2.31. The molecule has 1 saturated heterocycles. The van der Waals surface area contributed by atoms with Crippen LogP contribution in [-0.2, 0) is 9.53 Å². The number of ether oxygens (including phenoxy) is 1. The van der Waals surface area contributed by atoms with Crippen LogP contribution in [0.5, 0.6) is 0 Å². The number of nitrogens with one attached hydrogen (secondary N) is 2. The lowest BCUT2D eigenvalue weighted by atomic mass is 9.90. The molecule has 136 valence electrons. The fourth-order valence-electron chi connectivity index (χ4n) is 3.44. The smallest absolute Gasteiger partial charge is 0.251 e. The van der Waals surface area contributed by atoms with Crippen LogP contribution in [0.2, 0.25) is 0 Å². The van der Waals surface area contributed by atoms with Crippen LogP contribution >= 0.6 is 0 Å². The highest BCUT2D eigenvalue weighted by molar-refractivity contribution is 5.99. The molecule has 1 aromatic rings. The highest BCUT2D eigenvalue weighted by atomic mass is 16.5. The second kappa shape index (κ2) is 7.97. The Kier molecular flexibility index (Phi) is 5.71. The lowest BCUT2D eigenvalue weighted by molar-refractivity contribution is -0.124. The molecule has 6 nitrogen and oxygen atoms in total. The summed E-state index contributed by atoms with van der Waals surface area (Å²) in [5.74, 6) is -0.250. The van der Waals surface area contributed by atoms with Crippen molar-refractivity contribution in [1.82, 2.24) is 5.32 Å². The quantitative estimate of drug-likeness (QED) is 0.780. The Labute approximate surface area is 148 Å². The summed E-state index contributed by atoms with van der Waals surface area (Å²) >= 11 is 0. The van der Waals surface area contributed by atoms with Gasteiger partial charge in [0.05, 0.1) is 0 Å². The van der Waals surface area contributed by atoms with Crippen LogP contribution in [0.15, 0.2) is 24.3 Å². The van der Waals surface area contributed by atoms with E-state index < -0.39 is 5.54 Å². The van der Waals surface area contributed by atoms with Gasteiger partial charge < -0.3 is 21.1 Å². The van der Waals surface area contributed by atoms with Crippen LogP contribution < -0.4 is 16.4 Å². The summed E-state index contributed by atoms with van der Waals surface area (Å²) in [6.07, 6.45) is 6.77. The van der Waals surface area contributed by atoms with E-state index in [0.29, 0.717) is 37.3 Å². The number of carbonyl (C=O) groups excluding carboxylic acids is 2. The van der Waals surface area contributed by atoms with Crippen LogP contribution in [-0.4, -0.2) is 36.6 Å². The van der Waals surface area contributed by atoms with Crippen LogP contribution in [0.3, 0.4) is 0 Å². The average Bonchev–Trinajstić information content (AvgIpc) is 2.64. The number of hydrogen-bond donors (Lipinski definition) is 3. The topological polar surface area (TPSA) is 93.5 Å². The molecule has 1 aliphatic carbocycles. The van der Waals surface area contributed by atoms with Crippen molar-refractivity contribution in [3.05, 3.63) is 29.8 Å². The fraction of sp³-hybridized carbons (Fsp3) is 0.579. The maximum Gasteiger partial charge on any atom is 0.251 e. The first-order valence-corrected chi connectivity index (χ1v) is 9.16. The van der Waals surface area contributed by atoms with Gasteiger partial charge in [0.2, 0.25) is 5.91 Å². The molecule has 3 rings (SSSR count). The molecule has 4 N–H and O–H groups in total. The predicted octanol–water partition coefficient (Wildman–Crippen LogP) is 2.20. The van der Waals surface area contributed by atoms with Crippen molar-refractivity contribution in [2.45, 2.75) is 56.5 Å². The van der Waals surface area contributed by atoms with Gasteiger partial charge in [-0.15, -0.1) is 0 Å². The summed E-state index contributed by atoms with van der Waals surface area (Å²) in [6.45, 7) is 1.01. The van der Waals surface area contributed by atoms with Gasteiger partial charge in [0.25, 0.3) is 5.91 Å². The number of benzene rings is 1. The van der Waals surface area contributed by atoms with Gasteiger partial charge in [-0.25, -0.2) is 0 Å². The summed E-state index contributed by atoms with van der Waals surface area (Å²) in [4.78, 5) is 24.7. The second-order valence-electron chi connectivity index (χ2n) is 7.11. The van der Waals surface area contributed by atoms with Gasteiger partial charge in [-0.1, -0.05) is 19.3 Å². The number of hydrogen-bond acceptors (Lipinski definition) is 4. The highest BCUT2D eigenvalue weighted by Crippen LogP contribution is 2.21. The van der Waals surface area contributed by atoms with Crippen molar-refractivity contribution in [2.24, 2.45) is 5.73 Å². The van der Waals surface area contributed by atoms with Gasteiger partial charge in [-0.2, -0.15) is 0 Å². The van der Waals surface area contributed by atoms with E-state index in [9.17, 15) is 9.59 Å². The minimum absolute atomic E-state index is 0.0514. The molecule has 25 heavy (non-hydrogen) atoms. The van der Waals surface area contributed by atoms with Crippen molar-refractivity contribution in [1.29, 1.82) is 0 Å². The zero-order valence-electron chi connectivity index (χ0n) is 14.6. The molecule has 1 aliphatic heterocycles. The number of carbonyl (C=O) groups is 2. The molecule has 0 bridgehead atoms. The van der Waals surface area contributed by atoms with Crippen molar-refractivity contribution in [3.8, 4) is 0 Å². The van der Waals surface area contributed by atoms with Crippen molar-refractivity contribution in [3.63, 3.8) is 0 Å². The number of rotatable bonds is 4. The molecular formula is C19H27N3O3. The first-order chi connectivity index (χ1) is 12.1. The Morgan fingerprint density at radius 1 is 1.04 bits per heavy atom. The van der Waals surface area contributed by atoms with Crippen LogP contribution in [0.1, 0.15) is 55.3 Å². The number of nitrogens with two attached hydrogens (primary N) is 1. The Morgan fingerprint density at radius 2 is 1.68 bits per heavy atom. The van der Waals surface area contributed by atoms with Crippen LogP contribution in [0.4, 0.5) is 5.69 Å². The predicted molar refractivity (Wildman–Crippen MR) is 96.4 cm³/mol. The van der Waals surface area contributed by atoms with Crippen molar-refractivity contribution < 1.29 is 14.3 Å². The van der Waals surface area contributed by atoms with Gasteiger partial charge in [0, 0.05) is 30.5 Å². The largest absolute Gasteiger partial charge is 0.381 e. The van der Waals surface area contributed by atoms with Gasteiger partial charge in [-0.05, 0) is 49.9 Å². The van der Waals surface area contributed by atoms with Gasteiger partial charge in [-0.3, -0.25) is 9.59 Å². The van der Waals surface area contributed by atoms with Gasteiger partial charge >= 0.3 is 0 Å². The van der Waals surface area contributed by atoms with E-state index in [1.807, 2.05) is 0 Å². The third-order valence-electron chi connectivity index (χ3n) is 5.18. The lowest BCUT2D eigenvalue weighted by Crippen LogP contribution is -2.54. The summed E-state index contributed by atoms with van der Waals surface area (Å²) in [5, 5.41) is 5.94. The minimum Gasteiger partial charge on any atom is -0.381 e. The number of anilines is 1. The Morgan fingerprint density at radius 3 is 2.32 bits per heavy atom. The molecule has 2 fully saturated rings. The van der Waals surface area contributed by atoms with E-state index in [1.54, 1.807) is 24.3 Å². The third kappa shape index (κ3) is 4.58. The maximum absolute atomic E-state index is 12.4. The Bertz CT molecular complexity index is 603. The fourth-order valence-corrected chi connectivity index (χ4v) is 3.44. The first-order valence-electron chi connectivity index (χ1n) is 9.16. The SMILES string of the molecule is NC1(C(=O)Nc2ccc(C(=O)NC3CCCCC3)cc2)CCOCC1. The van der Waals surface area contributed by atoms with Gasteiger partial charge in [0.15, 0.2) is 0 Å². The standard InChI is InChI=1S/C19H27N3O3/c20-19(10-12-25-13-11-19)18(24)22-16-8-6-14(7-9-16)17(23)21-15-4-2-1-3-5-15/h6-9,15H,1-5,10-13,20H2,(H,21,23)(H,22,24). The molecule has 2 aliphatic rings. The molecule has 0 atom stereocenters. The molecule has 0 spiro atoms. The molecule has 0 unspecified atom stereocenters. The highest BCUT2D eigenvalue weighted by Gasteiger charge is 2.35. The monoisotopic (exact) mass is 345 g/mol. The van der Waals surface area contributed by atoms with E-state index >= 15 is 0 Å². The normalized spacial score (nSPS) is 20.7. The van der Waals surface area contributed by atoms with E-state index in [-0.39, 0.29) is 17.9 Å². The summed E-state index contributed by atoms with van der Waals surface area (Å²) in [6, 6.07) is 7.25. The molecular weight excluding hydrogens is 318 g/mol. The van der Waals surface area contributed by atoms with Crippen molar-refractivity contribution >= 4 is 17.5 Å². The van der Waals surface area contributed by atoms with Crippen LogP contribution in [0.25, 0.3) is 0 Å². The van der Waals surface area contributed by atoms with Crippen LogP contribution in [0, 0.1) is 0 Å². The molecule has 0 aromatic heterocycles. The number of amides is 2. The first kappa shape index (κ1) is 17.9. The maximum atomic E-state index is 12.4. The van der Waals surface area contributed by atoms with E-state index in [0.717, 1.165) is 12.8 Å².